The van der Waals surface area contributed by atoms with Gasteiger partial charge in [-0.15, -0.1) is 18.2 Å². The zero-order chi connectivity index (χ0) is 6.62. The van der Waals surface area contributed by atoms with Crippen LogP contribution < -0.4 is 0 Å². The fraction of sp³-hybridized carbons (Fsp3) is 0.667. The maximum atomic E-state index is 5.51. The lowest BCUT2D eigenvalue weighted by Crippen LogP contribution is -2.25. The van der Waals surface area contributed by atoms with Crippen LogP contribution in [0.2, 0.25) is 0 Å². The molecule has 1 unspecified atom stereocenters. The average molecular weight is 135 g/mol. The van der Waals surface area contributed by atoms with Gasteiger partial charge < -0.3 is 4.74 Å². The molecule has 0 aliphatic rings. The highest BCUT2D eigenvalue weighted by molar-refractivity contribution is 6.18. The third-order valence-corrected chi connectivity index (χ3v) is 1.69. The molecule has 0 heterocycles. The summed E-state index contributed by atoms with van der Waals surface area (Å²) in [7, 11) is 1.62. The predicted octanol–water partition coefficient (Wildman–Crippen LogP) is 1.82. The number of rotatable bonds is 3. The number of methoxy groups -OCH3 is 1. The molecule has 0 aromatic heterocycles. The second-order valence-corrected chi connectivity index (χ2v) is 2.12. The molecule has 0 amide bonds. The van der Waals surface area contributed by atoms with Crippen LogP contribution in [-0.2, 0) is 4.74 Å². The van der Waals surface area contributed by atoms with Crippen molar-refractivity contribution in [1.29, 1.82) is 0 Å². The smallest absolute Gasteiger partial charge is 0.0962 e. The maximum Gasteiger partial charge on any atom is 0.0962 e. The van der Waals surface area contributed by atoms with Gasteiger partial charge in [0.25, 0.3) is 0 Å². The number of hydrogen-bond donors (Lipinski definition) is 0. The number of hydrogen-bond acceptors (Lipinski definition) is 1. The second-order valence-electron chi connectivity index (χ2n) is 1.85. The summed E-state index contributed by atoms with van der Waals surface area (Å²) >= 11 is 5.51. The van der Waals surface area contributed by atoms with E-state index in [2.05, 4.69) is 6.58 Å². The molecule has 48 valence electrons. The quantitative estimate of drug-likeness (QED) is 0.423. The highest BCUT2D eigenvalue weighted by Gasteiger charge is 2.15. The first-order valence-electron chi connectivity index (χ1n) is 2.43. The van der Waals surface area contributed by atoms with Crippen molar-refractivity contribution in [3.8, 4) is 0 Å². The highest BCUT2D eigenvalue weighted by Crippen LogP contribution is 2.10. The van der Waals surface area contributed by atoms with Gasteiger partial charge in [-0.25, -0.2) is 0 Å². The molecular formula is C6H11ClO. The van der Waals surface area contributed by atoms with Gasteiger partial charge in [0, 0.05) is 7.11 Å². The van der Waals surface area contributed by atoms with Crippen LogP contribution in [0.1, 0.15) is 6.92 Å². The number of ether oxygens (including phenoxy) is 1. The van der Waals surface area contributed by atoms with Crippen molar-refractivity contribution in [2.75, 3.05) is 13.0 Å². The van der Waals surface area contributed by atoms with Crippen LogP contribution in [0.5, 0.6) is 0 Å². The van der Waals surface area contributed by atoms with Crippen molar-refractivity contribution < 1.29 is 4.74 Å². The van der Waals surface area contributed by atoms with Gasteiger partial charge in [-0.05, 0) is 6.92 Å². The Hall–Kier alpha value is -0.0100. The minimum absolute atomic E-state index is 0.346. The molecular weight excluding hydrogens is 124 g/mol. The normalized spacial score (nSPS) is 17.4. The zero-order valence-corrected chi connectivity index (χ0v) is 6.03. The Morgan fingerprint density at radius 1 is 1.88 bits per heavy atom. The van der Waals surface area contributed by atoms with Gasteiger partial charge in [-0.3, -0.25) is 0 Å². The first-order valence-corrected chi connectivity index (χ1v) is 2.96. The third-order valence-electron chi connectivity index (χ3n) is 1.16. The molecule has 0 aromatic rings. The first-order chi connectivity index (χ1) is 3.68. The summed E-state index contributed by atoms with van der Waals surface area (Å²) < 4.78 is 4.99. The minimum atomic E-state index is -0.346. The fourth-order valence-corrected chi connectivity index (χ4v) is 0.411. The molecule has 1 atom stereocenters. The zero-order valence-electron chi connectivity index (χ0n) is 5.28. The summed E-state index contributed by atoms with van der Waals surface area (Å²) in [4.78, 5) is 0. The third kappa shape index (κ3) is 1.85. The Bertz CT molecular complexity index is 76.6. The van der Waals surface area contributed by atoms with Gasteiger partial charge in [0.15, 0.2) is 0 Å². The molecule has 0 N–H and O–H groups in total. The van der Waals surface area contributed by atoms with E-state index >= 15 is 0 Å². The molecule has 0 radical (unpaired) electrons. The molecule has 0 aliphatic heterocycles. The number of halogens is 1. The molecule has 8 heavy (non-hydrogen) atoms. The van der Waals surface area contributed by atoms with E-state index in [0.29, 0.717) is 5.88 Å². The highest BCUT2D eigenvalue weighted by atomic mass is 35.5. The molecule has 1 nitrogen and oxygen atoms in total. The van der Waals surface area contributed by atoms with Crippen molar-refractivity contribution in [3.63, 3.8) is 0 Å². The minimum Gasteiger partial charge on any atom is -0.373 e. The SMILES string of the molecule is C=CC(C)(CCl)OC. The summed E-state index contributed by atoms with van der Waals surface area (Å²) in [5, 5.41) is 0. The van der Waals surface area contributed by atoms with E-state index in [-0.39, 0.29) is 5.60 Å². The summed E-state index contributed by atoms with van der Waals surface area (Å²) in [5.41, 5.74) is -0.346. The number of alkyl halides is 1. The predicted molar refractivity (Wildman–Crippen MR) is 36.3 cm³/mol. The summed E-state index contributed by atoms with van der Waals surface area (Å²) in [5.74, 6) is 0.451. The van der Waals surface area contributed by atoms with Crippen LogP contribution in [-0.4, -0.2) is 18.6 Å². The summed E-state index contributed by atoms with van der Waals surface area (Å²) in [6, 6.07) is 0. The van der Waals surface area contributed by atoms with E-state index in [1.165, 1.54) is 0 Å². The Labute approximate surface area is 55.3 Å². The van der Waals surface area contributed by atoms with Gasteiger partial charge in [0.1, 0.15) is 0 Å². The molecule has 0 fully saturated rings. The average Bonchev–Trinajstić information content (AvgIpc) is 1.87. The Balaban J connectivity index is 3.76. The first kappa shape index (κ1) is 7.99. The summed E-state index contributed by atoms with van der Waals surface area (Å²) in [6.45, 7) is 5.45. The fourth-order valence-electron chi connectivity index (χ4n) is 0.192. The molecule has 0 aromatic carbocycles. The van der Waals surface area contributed by atoms with Gasteiger partial charge in [0.2, 0.25) is 0 Å². The monoisotopic (exact) mass is 134 g/mol. The van der Waals surface area contributed by atoms with Crippen LogP contribution in [0.25, 0.3) is 0 Å². The van der Waals surface area contributed by atoms with E-state index in [1.54, 1.807) is 13.2 Å². The van der Waals surface area contributed by atoms with Gasteiger partial charge in [-0.2, -0.15) is 0 Å². The lowest BCUT2D eigenvalue weighted by Gasteiger charge is -2.19. The van der Waals surface area contributed by atoms with E-state index in [0.717, 1.165) is 0 Å². The lowest BCUT2D eigenvalue weighted by molar-refractivity contribution is 0.0689. The lowest BCUT2D eigenvalue weighted by atomic mass is 10.1. The Morgan fingerprint density at radius 3 is 2.38 bits per heavy atom. The Kier molecular flexibility index (Phi) is 3.10. The van der Waals surface area contributed by atoms with E-state index in [4.69, 9.17) is 16.3 Å². The summed E-state index contributed by atoms with van der Waals surface area (Å²) in [6.07, 6.45) is 1.69. The topological polar surface area (TPSA) is 9.23 Å². The van der Waals surface area contributed by atoms with E-state index in [1.807, 2.05) is 6.92 Å². The Morgan fingerprint density at radius 2 is 2.38 bits per heavy atom. The van der Waals surface area contributed by atoms with Gasteiger partial charge in [-0.1, -0.05) is 6.08 Å². The van der Waals surface area contributed by atoms with Crippen LogP contribution in [0.3, 0.4) is 0 Å². The molecule has 0 aliphatic carbocycles. The second kappa shape index (κ2) is 3.10. The van der Waals surface area contributed by atoms with Gasteiger partial charge in [0.05, 0.1) is 11.5 Å². The molecule has 0 spiro atoms. The van der Waals surface area contributed by atoms with Crippen molar-refractivity contribution in [2.45, 2.75) is 12.5 Å². The van der Waals surface area contributed by atoms with E-state index < -0.39 is 0 Å². The molecule has 0 rings (SSSR count). The van der Waals surface area contributed by atoms with Crippen LogP contribution in [0.4, 0.5) is 0 Å². The van der Waals surface area contributed by atoms with Crippen molar-refractivity contribution in [2.24, 2.45) is 0 Å². The van der Waals surface area contributed by atoms with Crippen molar-refractivity contribution in [3.05, 3.63) is 12.7 Å². The molecule has 0 saturated carbocycles. The van der Waals surface area contributed by atoms with Crippen LogP contribution in [0, 0.1) is 0 Å². The van der Waals surface area contributed by atoms with Crippen LogP contribution in [0.15, 0.2) is 12.7 Å². The maximum absolute atomic E-state index is 5.51. The van der Waals surface area contributed by atoms with Gasteiger partial charge >= 0.3 is 0 Å². The largest absolute Gasteiger partial charge is 0.373 e. The molecule has 0 saturated heterocycles. The molecule has 2 heteroatoms. The van der Waals surface area contributed by atoms with Crippen molar-refractivity contribution >= 4 is 11.6 Å². The molecule has 0 bridgehead atoms. The van der Waals surface area contributed by atoms with Crippen LogP contribution >= 0.6 is 11.6 Å². The van der Waals surface area contributed by atoms with Crippen molar-refractivity contribution in [1.82, 2.24) is 0 Å². The van der Waals surface area contributed by atoms with E-state index in [9.17, 15) is 0 Å². The standard InChI is InChI=1S/C6H11ClO/c1-4-6(2,5-7)8-3/h4H,1,5H2,2-3H3.